The molecule has 5 nitrogen and oxygen atoms in total. The summed E-state index contributed by atoms with van der Waals surface area (Å²) in [5.41, 5.74) is -1.02. The number of hydrogen-bond donors (Lipinski definition) is 1. The molecule has 0 aromatic heterocycles. The average molecular weight is 286 g/mol. The molecule has 1 aromatic carbocycles. The summed E-state index contributed by atoms with van der Waals surface area (Å²) in [5, 5.41) is 21.6. The summed E-state index contributed by atoms with van der Waals surface area (Å²) in [6.45, 7) is 0.0637. The molecule has 19 heavy (non-hydrogen) atoms. The molecule has 0 unspecified atom stereocenters. The molecule has 0 spiro atoms. The van der Waals surface area contributed by atoms with Gasteiger partial charge in [-0.15, -0.1) is 0 Å². The van der Waals surface area contributed by atoms with Crippen molar-refractivity contribution in [1.82, 2.24) is 0 Å². The number of aliphatic hydroxyl groups is 1. The Morgan fingerprint density at radius 2 is 2.05 bits per heavy atom. The number of nitrogens with zero attached hydrogens (tertiary/aromatic N) is 1. The maximum Gasteiger partial charge on any atom is 0.311 e. The van der Waals surface area contributed by atoms with Crippen LogP contribution >= 0.6 is 11.6 Å². The second-order valence-corrected chi connectivity index (χ2v) is 5.38. The van der Waals surface area contributed by atoms with E-state index in [-0.39, 0.29) is 18.0 Å². The Kier molecular flexibility index (Phi) is 4.27. The van der Waals surface area contributed by atoms with E-state index in [1.54, 1.807) is 0 Å². The summed E-state index contributed by atoms with van der Waals surface area (Å²) in [4.78, 5) is 10.4. The number of ether oxygens (including phenoxy) is 1. The normalized spacial score (nSPS) is 18.0. The van der Waals surface area contributed by atoms with Crippen LogP contribution in [-0.2, 0) is 0 Å². The lowest BCUT2D eigenvalue weighted by molar-refractivity contribution is -0.386. The third-order valence-corrected chi connectivity index (χ3v) is 3.63. The van der Waals surface area contributed by atoms with Gasteiger partial charge in [-0.3, -0.25) is 10.1 Å². The number of nitro groups is 1. The monoisotopic (exact) mass is 285 g/mol. The number of halogens is 1. The Morgan fingerprint density at radius 3 is 2.68 bits per heavy atom. The van der Waals surface area contributed by atoms with Gasteiger partial charge in [0, 0.05) is 17.2 Å². The highest BCUT2D eigenvalue weighted by Gasteiger charge is 2.31. The Morgan fingerprint density at radius 1 is 1.37 bits per heavy atom. The molecule has 1 aromatic rings. The van der Waals surface area contributed by atoms with Crippen molar-refractivity contribution in [3.8, 4) is 5.75 Å². The number of rotatable bonds is 4. The second kappa shape index (κ2) is 5.75. The number of nitro benzene ring substituents is 1. The molecule has 1 aliphatic rings. The first-order chi connectivity index (χ1) is 9.00. The van der Waals surface area contributed by atoms with Gasteiger partial charge in [0.05, 0.1) is 10.5 Å². The molecule has 0 heterocycles. The lowest BCUT2D eigenvalue weighted by Gasteiger charge is -2.31. The maximum atomic E-state index is 10.9. The van der Waals surface area contributed by atoms with Crippen LogP contribution in [0.4, 0.5) is 5.69 Å². The van der Waals surface area contributed by atoms with Crippen molar-refractivity contribution >= 4 is 17.3 Å². The molecule has 104 valence electrons. The van der Waals surface area contributed by atoms with Crippen molar-refractivity contribution in [3.63, 3.8) is 0 Å². The lowest BCUT2D eigenvalue weighted by atomic mass is 9.85. The minimum Gasteiger partial charge on any atom is -0.484 e. The van der Waals surface area contributed by atoms with Crippen LogP contribution in [0.5, 0.6) is 5.75 Å². The number of hydrogen-bond acceptors (Lipinski definition) is 4. The predicted octanol–water partition coefficient (Wildman–Crippen LogP) is 3.32. The molecule has 1 N–H and O–H groups in total. The smallest absolute Gasteiger partial charge is 0.311 e. The highest BCUT2D eigenvalue weighted by molar-refractivity contribution is 6.30. The van der Waals surface area contributed by atoms with Crippen LogP contribution in [-0.4, -0.2) is 22.2 Å². The molecule has 0 atom stereocenters. The highest BCUT2D eigenvalue weighted by atomic mass is 35.5. The van der Waals surface area contributed by atoms with E-state index in [9.17, 15) is 15.2 Å². The minimum atomic E-state index is -0.881. The Labute approximate surface area is 116 Å². The Balaban J connectivity index is 2.10. The van der Waals surface area contributed by atoms with Crippen LogP contribution in [0.25, 0.3) is 0 Å². The Bertz CT molecular complexity index is 472. The average Bonchev–Trinajstić information content (AvgIpc) is 2.37. The summed E-state index contributed by atoms with van der Waals surface area (Å²) in [5.74, 6) is 0.108. The molecule has 1 fully saturated rings. The van der Waals surface area contributed by atoms with Crippen molar-refractivity contribution in [3.05, 3.63) is 33.3 Å². The van der Waals surface area contributed by atoms with Gasteiger partial charge >= 0.3 is 5.69 Å². The van der Waals surface area contributed by atoms with Gasteiger partial charge in [0.2, 0.25) is 0 Å². The molecular weight excluding hydrogens is 270 g/mol. The van der Waals surface area contributed by atoms with Gasteiger partial charge in [0.15, 0.2) is 5.75 Å². The SMILES string of the molecule is O=[N+]([O-])c1ccc(Cl)cc1OCC1(O)CCCCC1. The van der Waals surface area contributed by atoms with Crippen LogP contribution in [0.15, 0.2) is 18.2 Å². The van der Waals surface area contributed by atoms with Crippen LogP contribution in [0, 0.1) is 10.1 Å². The molecule has 0 aliphatic heterocycles. The van der Waals surface area contributed by atoms with Gasteiger partial charge in [-0.25, -0.2) is 0 Å². The van der Waals surface area contributed by atoms with Gasteiger partial charge in [0.25, 0.3) is 0 Å². The molecule has 2 rings (SSSR count). The zero-order valence-corrected chi connectivity index (χ0v) is 11.2. The number of benzene rings is 1. The van der Waals surface area contributed by atoms with Crippen LogP contribution in [0.2, 0.25) is 5.02 Å². The molecule has 6 heteroatoms. The summed E-state index contributed by atoms with van der Waals surface area (Å²) >= 11 is 5.81. The van der Waals surface area contributed by atoms with Crippen molar-refractivity contribution in [2.45, 2.75) is 37.7 Å². The third-order valence-electron chi connectivity index (χ3n) is 3.40. The van der Waals surface area contributed by atoms with Gasteiger partial charge in [-0.05, 0) is 18.9 Å². The van der Waals surface area contributed by atoms with Crippen LogP contribution < -0.4 is 4.74 Å². The molecule has 1 saturated carbocycles. The first-order valence-corrected chi connectivity index (χ1v) is 6.67. The van der Waals surface area contributed by atoms with E-state index in [4.69, 9.17) is 16.3 Å². The first kappa shape index (κ1) is 14.1. The molecule has 0 bridgehead atoms. The second-order valence-electron chi connectivity index (χ2n) is 4.94. The highest BCUT2D eigenvalue weighted by Crippen LogP contribution is 2.33. The van der Waals surface area contributed by atoms with E-state index in [1.807, 2.05) is 0 Å². The van der Waals surface area contributed by atoms with E-state index < -0.39 is 10.5 Å². The van der Waals surface area contributed by atoms with Crippen molar-refractivity contribution < 1.29 is 14.8 Å². The zero-order chi connectivity index (χ0) is 13.9. The van der Waals surface area contributed by atoms with Crippen LogP contribution in [0.1, 0.15) is 32.1 Å². The van der Waals surface area contributed by atoms with Crippen molar-refractivity contribution in [2.75, 3.05) is 6.61 Å². The minimum absolute atomic E-state index is 0.0637. The summed E-state index contributed by atoms with van der Waals surface area (Å²) < 4.78 is 5.45. The summed E-state index contributed by atoms with van der Waals surface area (Å²) in [6, 6.07) is 4.16. The predicted molar refractivity (Wildman–Crippen MR) is 71.6 cm³/mol. The summed E-state index contributed by atoms with van der Waals surface area (Å²) in [7, 11) is 0. The fourth-order valence-corrected chi connectivity index (χ4v) is 2.48. The standard InChI is InChI=1S/C13H16ClNO4/c14-10-4-5-11(15(17)18)12(8-10)19-9-13(16)6-2-1-3-7-13/h4-5,8,16H,1-3,6-7,9H2. The summed E-state index contributed by atoms with van der Waals surface area (Å²) in [6.07, 6.45) is 4.36. The fourth-order valence-electron chi connectivity index (χ4n) is 2.32. The largest absolute Gasteiger partial charge is 0.484 e. The topological polar surface area (TPSA) is 72.6 Å². The van der Waals surface area contributed by atoms with Gasteiger partial charge in [-0.1, -0.05) is 30.9 Å². The van der Waals surface area contributed by atoms with Crippen molar-refractivity contribution in [2.24, 2.45) is 0 Å². The molecule has 0 radical (unpaired) electrons. The van der Waals surface area contributed by atoms with E-state index in [2.05, 4.69) is 0 Å². The fraction of sp³-hybridized carbons (Fsp3) is 0.538. The van der Waals surface area contributed by atoms with Crippen LogP contribution in [0.3, 0.4) is 0 Å². The molecule has 0 amide bonds. The molecule has 1 aliphatic carbocycles. The third kappa shape index (κ3) is 3.58. The maximum absolute atomic E-state index is 10.9. The van der Waals surface area contributed by atoms with Gasteiger partial charge in [0.1, 0.15) is 6.61 Å². The van der Waals surface area contributed by atoms with Gasteiger partial charge in [-0.2, -0.15) is 0 Å². The first-order valence-electron chi connectivity index (χ1n) is 6.29. The van der Waals surface area contributed by atoms with Crippen molar-refractivity contribution in [1.29, 1.82) is 0 Å². The van der Waals surface area contributed by atoms with E-state index in [0.717, 1.165) is 19.3 Å². The lowest BCUT2D eigenvalue weighted by Crippen LogP contribution is -2.37. The van der Waals surface area contributed by atoms with E-state index in [1.165, 1.54) is 18.2 Å². The zero-order valence-electron chi connectivity index (χ0n) is 10.5. The Hall–Kier alpha value is -1.33. The van der Waals surface area contributed by atoms with E-state index >= 15 is 0 Å². The van der Waals surface area contributed by atoms with E-state index in [0.29, 0.717) is 17.9 Å². The molecular formula is C13H16ClNO4. The van der Waals surface area contributed by atoms with Gasteiger partial charge < -0.3 is 9.84 Å². The molecule has 0 saturated heterocycles. The quantitative estimate of drug-likeness (QED) is 0.680.